The minimum absolute atomic E-state index is 0.0480. The van der Waals surface area contributed by atoms with Crippen molar-refractivity contribution in [3.63, 3.8) is 0 Å². The Balaban J connectivity index is 1.74. The fourth-order valence-electron chi connectivity index (χ4n) is 1.64. The van der Waals surface area contributed by atoms with E-state index >= 15 is 0 Å². The van der Waals surface area contributed by atoms with E-state index in [2.05, 4.69) is 15.3 Å². The molecule has 0 aromatic carbocycles. The lowest BCUT2D eigenvalue weighted by Gasteiger charge is -2.05. The minimum atomic E-state index is -0.0480. The topological polar surface area (TPSA) is 80.9 Å². The predicted octanol–water partition coefficient (Wildman–Crippen LogP) is 0.960. The molecule has 0 unspecified atom stereocenters. The molecule has 0 spiro atoms. The van der Waals surface area contributed by atoms with Gasteiger partial charge in [0.1, 0.15) is 0 Å². The van der Waals surface area contributed by atoms with Crippen molar-refractivity contribution in [3.05, 3.63) is 54.1 Å². The summed E-state index contributed by atoms with van der Waals surface area (Å²) in [5.41, 5.74) is 7.81. The van der Waals surface area contributed by atoms with Crippen molar-refractivity contribution < 1.29 is 4.79 Å². The summed E-state index contributed by atoms with van der Waals surface area (Å²) in [6.45, 7) is 0.574. The molecule has 0 aliphatic rings. The van der Waals surface area contributed by atoms with Gasteiger partial charge in [-0.1, -0.05) is 6.07 Å². The smallest absolute Gasteiger partial charge is 0.226 e. The van der Waals surface area contributed by atoms with E-state index in [9.17, 15) is 4.79 Å². The molecule has 2 aromatic rings. The number of nitrogens with zero attached hydrogens (tertiary/aromatic N) is 2. The normalized spacial score (nSPS) is 10.1. The van der Waals surface area contributed by atoms with E-state index in [4.69, 9.17) is 5.73 Å². The van der Waals surface area contributed by atoms with Crippen LogP contribution in [-0.4, -0.2) is 22.4 Å². The van der Waals surface area contributed by atoms with Crippen LogP contribution >= 0.6 is 0 Å². The summed E-state index contributed by atoms with van der Waals surface area (Å²) in [5.74, 6) is -0.0480. The highest BCUT2D eigenvalue weighted by atomic mass is 16.1. The van der Waals surface area contributed by atoms with Crippen LogP contribution in [0, 0.1) is 0 Å². The van der Waals surface area contributed by atoms with Crippen molar-refractivity contribution >= 4 is 11.6 Å². The average Bonchev–Trinajstić information content (AvgIpc) is 2.43. The van der Waals surface area contributed by atoms with Gasteiger partial charge < -0.3 is 11.1 Å². The van der Waals surface area contributed by atoms with Crippen molar-refractivity contribution in [2.45, 2.75) is 12.8 Å². The molecule has 0 aliphatic carbocycles. The number of hydrogen-bond donors (Lipinski definition) is 2. The number of anilines is 1. The van der Waals surface area contributed by atoms with Crippen LogP contribution in [0.5, 0.6) is 0 Å². The highest BCUT2D eigenvalue weighted by Crippen LogP contribution is 2.01. The van der Waals surface area contributed by atoms with Gasteiger partial charge >= 0.3 is 0 Å². The van der Waals surface area contributed by atoms with Gasteiger partial charge in [-0.05, 0) is 24.3 Å². The quantitative estimate of drug-likeness (QED) is 0.835. The molecule has 0 fully saturated rings. The molecule has 2 aromatic heterocycles. The van der Waals surface area contributed by atoms with E-state index in [0.717, 1.165) is 12.1 Å². The number of rotatable bonds is 5. The molecule has 2 heterocycles. The van der Waals surface area contributed by atoms with Crippen LogP contribution in [0.1, 0.15) is 11.4 Å². The summed E-state index contributed by atoms with van der Waals surface area (Å²) >= 11 is 0. The molecule has 2 rings (SSSR count). The fourth-order valence-corrected chi connectivity index (χ4v) is 1.64. The second kappa shape index (κ2) is 6.49. The molecule has 5 nitrogen and oxygen atoms in total. The number of carbonyl (C=O) groups is 1. The fraction of sp³-hybridized carbons (Fsp3) is 0.214. The van der Waals surface area contributed by atoms with Crippen LogP contribution in [0.3, 0.4) is 0 Å². The molecule has 0 saturated carbocycles. The third-order valence-corrected chi connectivity index (χ3v) is 2.62. The molecule has 0 aliphatic heterocycles. The zero-order chi connectivity index (χ0) is 13.5. The van der Waals surface area contributed by atoms with Crippen LogP contribution in [0.4, 0.5) is 5.69 Å². The highest BCUT2D eigenvalue weighted by molar-refractivity contribution is 5.78. The van der Waals surface area contributed by atoms with Crippen LogP contribution < -0.4 is 11.1 Å². The zero-order valence-corrected chi connectivity index (χ0v) is 10.5. The van der Waals surface area contributed by atoms with E-state index < -0.39 is 0 Å². The number of amides is 1. The van der Waals surface area contributed by atoms with Crippen LogP contribution in [0.15, 0.2) is 42.7 Å². The molecule has 0 bridgehead atoms. The maximum absolute atomic E-state index is 11.7. The van der Waals surface area contributed by atoms with Crippen molar-refractivity contribution in [3.8, 4) is 0 Å². The number of carbonyl (C=O) groups excluding carboxylic acids is 1. The lowest BCUT2D eigenvalue weighted by molar-refractivity contribution is -0.120. The van der Waals surface area contributed by atoms with Crippen molar-refractivity contribution in [2.75, 3.05) is 12.3 Å². The van der Waals surface area contributed by atoms with E-state index in [1.54, 1.807) is 24.5 Å². The van der Waals surface area contributed by atoms with Gasteiger partial charge in [0.05, 0.1) is 18.3 Å². The first kappa shape index (κ1) is 13.0. The van der Waals surface area contributed by atoms with Gasteiger partial charge in [-0.15, -0.1) is 0 Å². The Kier molecular flexibility index (Phi) is 4.44. The number of aromatic nitrogens is 2. The SMILES string of the molecule is Nc1ccc(CC(=O)NCCc2ccccn2)nc1. The second-order valence-electron chi connectivity index (χ2n) is 4.18. The molecule has 3 N–H and O–H groups in total. The Morgan fingerprint density at radius 2 is 2.05 bits per heavy atom. The predicted molar refractivity (Wildman–Crippen MR) is 73.3 cm³/mol. The minimum Gasteiger partial charge on any atom is -0.397 e. The Morgan fingerprint density at radius 3 is 2.74 bits per heavy atom. The molecule has 1 amide bonds. The van der Waals surface area contributed by atoms with Gasteiger partial charge in [-0.3, -0.25) is 14.8 Å². The Bertz CT molecular complexity index is 525. The Hall–Kier alpha value is -2.43. The molecule has 0 radical (unpaired) electrons. The van der Waals surface area contributed by atoms with E-state index in [1.807, 2.05) is 18.2 Å². The van der Waals surface area contributed by atoms with Crippen molar-refractivity contribution in [2.24, 2.45) is 0 Å². The summed E-state index contributed by atoms with van der Waals surface area (Å²) in [5, 5.41) is 2.84. The van der Waals surface area contributed by atoms with Gasteiger partial charge in [0.25, 0.3) is 0 Å². The van der Waals surface area contributed by atoms with Gasteiger partial charge in [0.2, 0.25) is 5.91 Å². The number of pyridine rings is 2. The number of nitrogens with two attached hydrogens (primary N) is 1. The monoisotopic (exact) mass is 256 g/mol. The molecule has 0 atom stereocenters. The maximum atomic E-state index is 11.7. The third kappa shape index (κ3) is 4.39. The molecule has 19 heavy (non-hydrogen) atoms. The van der Waals surface area contributed by atoms with E-state index in [1.165, 1.54) is 0 Å². The van der Waals surface area contributed by atoms with Crippen molar-refractivity contribution in [1.29, 1.82) is 0 Å². The number of nitrogen functional groups attached to an aromatic ring is 1. The van der Waals surface area contributed by atoms with Crippen LogP contribution in [0.25, 0.3) is 0 Å². The zero-order valence-electron chi connectivity index (χ0n) is 10.5. The molecular weight excluding hydrogens is 240 g/mol. The van der Waals surface area contributed by atoms with Crippen LogP contribution in [-0.2, 0) is 17.6 Å². The molecule has 0 saturated heterocycles. The first-order valence-corrected chi connectivity index (χ1v) is 6.11. The molecule has 5 heteroatoms. The Morgan fingerprint density at radius 1 is 1.16 bits per heavy atom. The number of nitrogens with one attached hydrogen (secondary N) is 1. The van der Waals surface area contributed by atoms with Gasteiger partial charge in [0.15, 0.2) is 0 Å². The average molecular weight is 256 g/mol. The first-order valence-electron chi connectivity index (χ1n) is 6.11. The van der Waals surface area contributed by atoms with E-state index in [-0.39, 0.29) is 12.3 Å². The van der Waals surface area contributed by atoms with E-state index in [0.29, 0.717) is 17.9 Å². The maximum Gasteiger partial charge on any atom is 0.226 e. The summed E-state index contributed by atoms with van der Waals surface area (Å²) in [7, 11) is 0. The first-order chi connectivity index (χ1) is 9.24. The van der Waals surface area contributed by atoms with Gasteiger partial charge in [-0.2, -0.15) is 0 Å². The Labute approximate surface area is 111 Å². The van der Waals surface area contributed by atoms with Gasteiger partial charge in [0, 0.05) is 30.6 Å². The van der Waals surface area contributed by atoms with Crippen molar-refractivity contribution in [1.82, 2.24) is 15.3 Å². The van der Waals surface area contributed by atoms with Crippen LogP contribution in [0.2, 0.25) is 0 Å². The molecule has 98 valence electrons. The summed E-state index contributed by atoms with van der Waals surface area (Å²) in [6, 6.07) is 9.24. The largest absolute Gasteiger partial charge is 0.397 e. The summed E-state index contributed by atoms with van der Waals surface area (Å²) in [6.07, 6.45) is 4.29. The number of hydrogen-bond acceptors (Lipinski definition) is 4. The lowest BCUT2D eigenvalue weighted by Crippen LogP contribution is -2.27. The molecular formula is C14H16N4O. The third-order valence-electron chi connectivity index (χ3n) is 2.62. The lowest BCUT2D eigenvalue weighted by atomic mass is 10.2. The summed E-state index contributed by atoms with van der Waals surface area (Å²) < 4.78 is 0. The summed E-state index contributed by atoms with van der Waals surface area (Å²) in [4.78, 5) is 20.0. The second-order valence-corrected chi connectivity index (χ2v) is 4.18. The highest BCUT2D eigenvalue weighted by Gasteiger charge is 2.04. The van der Waals surface area contributed by atoms with Gasteiger partial charge in [-0.25, -0.2) is 0 Å². The standard InChI is InChI=1S/C14H16N4O/c15-11-4-5-13(18-10-11)9-14(19)17-8-6-12-3-1-2-7-16-12/h1-5,7,10H,6,8-9,15H2,(H,17,19).